The number of rotatable bonds is 7. The molecule has 1 rings (SSSR count). The third-order valence-electron chi connectivity index (χ3n) is 4.54. The lowest BCUT2D eigenvalue weighted by Crippen LogP contribution is -2.54. The lowest BCUT2D eigenvalue weighted by atomic mass is 9.72. The summed E-state index contributed by atoms with van der Waals surface area (Å²) in [7, 11) is 0. The Labute approximate surface area is 127 Å². The van der Waals surface area contributed by atoms with Gasteiger partial charge in [-0.15, -0.1) is 0 Å². The lowest BCUT2D eigenvalue weighted by molar-refractivity contribution is -0.129. The molecule has 21 heavy (non-hydrogen) atoms. The van der Waals surface area contributed by atoms with Crippen LogP contribution in [0.4, 0.5) is 0 Å². The van der Waals surface area contributed by atoms with Crippen LogP contribution >= 0.6 is 0 Å². The van der Waals surface area contributed by atoms with Crippen LogP contribution in [0, 0.1) is 5.41 Å². The number of nitrogens with zero attached hydrogens (tertiary/aromatic N) is 2. The molecule has 1 saturated carbocycles. The number of likely N-dealkylation sites (N-methyl/N-ethyl adjacent to an activating group) is 1. The van der Waals surface area contributed by atoms with Crippen LogP contribution in [0.3, 0.4) is 0 Å². The van der Waals surface area contributed by atoms with Crippen molar-refractivity contribution in [3.8, 4) is 0 Å². The second-order valence-corrected chi connectivity index (χ2v) is 5.99. The smallest absolute Gasteiger partial charge is 0.234 e. The van der Waals surface area contributed by atoms with E-state index in [0.29, 0.717) is 12.8 Å². The van der Waals surface area contributed by atoms with Crippen LogP contribution in [0.25, 0.3) is 0 Å². The monoisotopic (exact) mass is 298 g/mol. The first-order valence-corrected chi connectivity index (χ1v) is 8.01. The Morgan fingerprint density at radius 1 is 1.33 bits per heavy atom. The second-order valence-electron chi connectivity index (χ2n) is 5.99. The van der Waals surface area contributed by atoms with Crippen LogP contribution in [0.1, 0.15) is 52.9 Å². The Morgan fingerprint density at radius 3 is 2.38 bits per heavy atom. The van der Waals surface area contributed by atoms with Gasteiger partial charge in [-0.1, -0.05) is 38.3 Å². The van der Waals surface area contributed by atoms with Crippen molar-refractivity contribution in [3.05, 3.63) is 0 Å². The molecule has 4 N–H and O–H groups in total. The highest BCUT2D eigenvalue weighted by atomic mass is 16.4. The van der Waals surface area contributed by atoms with Gasteiger partial charge in [0, 0.05) is 12.6 Å². The standard InChI is InChI=1S/C15H30N4O2/c1-4-19(5-2)11-12(3)17-14(20)15(13(16)18-21)9-7-6-8-10-15/h12,21H,4-11H2,1-3H3,(H2,16,18)(H,17,20). The Balaban J connectivity index is 2.73. The molecule has 0 aromatic carbocycles. The minimum atomic E-state index is -0.829. The van der Waals surface area contributed by atoms with E-state index in [9.17, 15) is 4.79 Å². The van der Waals surface area contributed by atoms with Crippen molar-refractivity contribution >= 4 is 11.7 Å². The van der Waals surface area contributed by atoms with Gasteiger partial charge in [0.15, 0.2) is 5.84 Å². The molecule has 0 saturated heterocycles. The minimum Gasteiger partial charge on any atom is -0.409 e. The van der Waals surface area contributed by atoms with Crippen LogP contribution in [-0.4, -0.2) is 47.5 Å². The Morgan fingerprint density at radius 2 is 1.90 bits per heavy atom. The average molecular weight is 298 g/mol. The second kappa shape index (κ2) is 8.22. The zero-order valence-electron chi connectivity index (χ0n) is 13.6. The molecule has 0 aromatic rings. The minimum absolute atomic E-state index is 0.0442. The van der Waals surface area contributed by atoms with Gasteiger partial charge in [-0.25, -0.2) is 0 Å². The molecule has 0 aromatic heterocycles. The van der Waals surface area contributed by atoms with Crippen molar-refractivity contribution in [2.24, 2.45) is 16.3 Å². The highest BCUT2D eigenvalue weighted by Gasteiger charge is 2.44. The summed E-state index contributed by atoms with van der Waals surface area (Å²) in [6, 6.07) is 0.0442. The third-order valence-corrected chi connectivity index (χ3v) is 4.54. The van der Waals surface area contributed by atoms with E-state index < -0.39 is 5.41 Å². The molecule has 0 radical (unpaired) electrons. The van der Waals surface area contributed by atoms with Crippen molar-refractivity contribution in [1.29, 1.82) is 0 Å². The van der Waals surface area contributed by atoms with E-state index in [2.05, 4.69) is 29.2 Å². The van der Waals surface area contributed by atoms with Crippen molar-refractivity contribution < 1.29 is 10.0 Å². The summed E-state index contributed by atoms with van der Waals surface area (Å²) in [5.41, 5.74) is 5.01. The first kappa shape index (κ1) is 17.8. The maximum atomic E-state index is 12.7. The lowest BCUT2D eigenvalue weighted by Gasteiger charge is -2.36. The molecular weight excluding hydrogens is 268 g/mol. The fourth-order valence-corrected chi connectivity index (χ4v) is 3.13. The number of nitrogens with one attached hydrogen (secondary N) is 1. The van der Waals surface area contributed by atoms with Crippen LogP contribution in [-0.2, 0) is 4.79 Å². The fourth-order valence-electron chi connectivity index (χ4n) is 3.13. The van der Waals surface area contributed by atoms with Gasteiger partial charge in [-0.05, 0) is 32.9 Å². The van der Waals surface area contributed by atoms with E-state index >= 15 is 0 Å². The van der Waals surface area contributed by atoms with E-state index in [1.807, 2.05) is 6.92 Å². The van der Waals surface area contributed by atoms with E-state index in [4.69, 9.17) is 10.9 Å². The van der Waals surface area contributed by atoms with Gasteiger partial charge >= 0.3 is 0 Å². The highest BCUT2D eigenvalue weighted by molar-refractivity contribution is 6.06. The maximum absolute atomic E-state index is 12.7. The molecule has 1 aliphatic rings. The third kappa shape index (κ3) is 4.33. The topological polar surface area (TPSA) is 91.0 Å². The van der Waals surface area contributed by atoms with E-state index in [1.165, 1.54) is 0 Å². The van der Waals surface area contributed by atoms with Gasteiger partial charge in [0.2, 0.25) is 5.91 Å². The molecule has 0 heterocycles. The van der Waals surface area contributed by atoms with Crippen molar-refractivity contribution in [2.75, 3.05) is 19.6 Å². The van der Waals surface area contributed by atoms with Gasteiger partial charge in [-0.3, -0.25) is 4.79 Å². The number of hydrogen-bond donors (Lipinski definition) is 3. The SMILES string of the molecule is CCN(CC)CC(C)NC(=O)C1(C(N)=NO)CCCCC1. The summed E-state index contributed by atoms with van der Waals surface area (Å²) in [5.74, 6) is -0.0492. The van der Waals surface area contributed by atoms with Gasteiger partial charge in [0.25, 0.3) is 0 Å². The van der Waals surface area contributed by atoms with Gasteiger partial charge in [0.1, 0.15) is 5.41 Å². The van der Waals surface area contributed by atoms with Crippen LogP contribution in [0.2, 0.25) is 0 Å². The average Bonchev–Trinajstić information content (AvgIpc) is 2.52. The zero-order chi connectivity index (χ0) is 15.9. The number of hydrogen-bond acceptors (Lipinski definition) is 4. The molecule has 6 nitrogen and oxygen atoms in total. The van der Waals surface area contributed by atoms with Crippen molar-refractivity contribution in [3.63, 3.8) is 0 Å². The summed E-state index contributed by atoms with van der Waals surface area (Å²) in [6.45, 7) is 8.95. The number of oxime groups is 1. The van der Waals surface area contributed by atoms with Crippen LogP contribution in [0.15, 0.2) is 5.16 Å². The summed E-state index contributed by atoms with van der Waals surface area (Å²) in [5, 5.41) is 15.2. The van der Waals surface area contributed by atoms with Crippen LogP contribution < -0.4 is 11.1 Å². The largest absolute Gasteiger partial charge is 0.409 e. The Bertz CT molecular complexity index is 361. The number of amides is 1. The zero-order valence-corrected chi connectivity index (χ0v) is 13.6. The van der Waals surface area contributed by atoms with Gasteiger partial charge in [-0.2, -0.15) is 0 Å². The quantitative estimate of drug-likeness (QED) is 0.288. The number of carbonyl (C=O) groups excluding carboxylic acids is 1. The number of carbonyl (C=O) groups is 1. The molecular formula is C15H30N4O2. The highest BCUT2D eigenvalue weighted by Crippen LogP contribution is 2.36. The van der Waals surface area contributed by atoms with Crippen molar-refractivity contribution in [1.82, 2.24) is 10.2 Å². The molecule has 122 valence electrons. The number of nitrogens with two attached hydrogens (primary N) is 1. The first-order chi connectivity index (χ1) is 10.00. The maximum Gasteiger partial charge on any atom is 0.234 e. The fraction of sp³-hybridized carbons (Fsp3) is 0.867. The summed E-state index contributed by atoms with van der Waals surface area (Å²) in [6.07, 6.45) is 4.30. The van der Waals surface area contributed by atoms with E-state index in [-0.39, 0.29) is 17.8 Å². The molecule has 1 aliphatic carbocycles. The van der Waals surface area contributed by atoms with Crippen LogP contribution in [0.5, 0.6) is 0 Å². The molecule has 0 spiro atoms. The van der Waals surface area contributed by atoms with Gasteiger partial charge in [0.05, 0.1) is 0 Å². The molecule has 1 unspecified atom stereocenters. The number of amidine groups is 1. The van der Waals surface area contributed by atoms with Crippen molar-refractivity contribution in [2.45, 2.75) is 58.9 Å². The molecule has 6 heteroatoms. The van der Waals surface area contributed by atoms with E-state index in [0.717, 1.165) is 38.9 Å². The molecule has 0 aliphatic heterocycles. The van der Waals surface area contributed by atoms with Gasteiger partial charge < -0.3 is 21.2 Å². The predicted molar refractivity (Wildman–Crippen MR) is 84.3 cm³/mol. The Hall–Kier alpha value is -1.30. The molecule has 1 fully saturated rings. The molecule has 1 atom stereocenters. The normalized spacial score (nSPS) is 20.3. The summed E-state index contributed by atoms with van der Waals surface area (Å²) >= 11 is 0. The molecule has 0 bridgehead atoms. The Kier molecular flexibility index (Phi) is 6.95. The summed E-state index contributed by atoms with van der Waals surface area (Å²) in [4.78, 5) is 15.0. The summed E-state index contributed by atoms with van der Waals surface area (Å²) < 4.78 is 0. The molecule has 1 amide bonds. The van der Waals surface area contributed by atoms with E-state index in [1.54, 1.807) is 0 Å². The first-order valence-electron chi connectivity index (χ1n) is 8.01. The predicted octanol–water partition coefficient (Wildman–Crippen LogP) is 1.53.